The first-order valence-electron chi connectivity index (χ1n) is 8.95. The lowest BCUT2D eigenvalue weighted by Gasteiger charge is -2.30. The molecule has 0 aromatic heterocycles. The van der Waals surface area contributed by atoms with Crippen molar-refractivity contribution in [2.45, 2.75) is 13.3 Å². The summed E-state index contributed by atoms with van der Waals surface area (Å²) in [6, 6.07) is 17.3. The average Bonchev–Trinajstić information content (AvgIpc) is 2.99. The Balaban J connectivity index is 1.71. The molecule has 1 aliphatic heterocycles. The van der Waals surface area contributed by atoms with Gasteiger partial charge in [-0.25, -0.2) is 0 Å². The summed E-state index contributed by atoms with van der Waals surface area (Å²) in [6.45, 7) is 5.14. The zero-order valence-corrected chi connectivity index (χ0v) is 15.7. The van der Waals surface area contributed by atoms with E-state index in [0.717, 1.165) is 37.2 Å². The molecule has 3 rings (SSSR count). The van der Waals surface area contributed by atoms with Gasteiger partial charge in [0.1, 0.15) is 0 Å². The molecule has 1 heterocycles. The Kier molecular flexibility index (Phi) is 5.11. The minimum absolute atomic E-state index is 0.0538. The lowest BCUT2D eigenvalue weighted by molar-refractivity contribution is 0.0730. The van der Waals surface area contributed by atoms with Gasteiger partial charge in [0, 0.05) is 25.7 Å². The van der Waals surface area contributed by atoms with Crippen molar-refractivity contribution < 1.29 is 4.79 Å². The van der Waals surface area contributed by atoms with E-state index in [1.54, 1.807) is 6.07 Å². The van der Waals surface area contributed by atoms with Crippen molar-refractivity contribution in [3.8, 4) is 17.2 Å². The minimum atomic E-state index is 0.0538. The second kappa shape index (κ2) is 7.31. The number of hydrogen-bond donors (Lipinski definition) is 0. The van der Waals surface area contributed by atoms with Crippen LogP contribution in [0.3, 0.4) is 0 Å². The molecule has 1 unspecified atom stereocenters. The highest BCUT2D eigenvalue weighted by Crippen LogP contribution is 2.30. The fraction of sp³-hybridized carbons (Fsp3) is 0.364. The average molecular weight is 347 g/mol. The van der Waals surface area contributed by atoms with Gasteiger partial charge in [0.25, 0.3) is 5.91 Å². The topological polar surface area (TPSA) is 47.3 Å². The molecular formula is C22H25N3O. The Bertz CT molecular complexity index is 837. The van der Waals surface area contributed by atoms with Gasteiger partial charge in [0.2, 0.25) is 0 Å². The number of nitrogens with zero attached hydrogens (tertiary/aromatic N) is 3. The van der Waals surface area contributed by atoms with Gasteiger partial charge in [-0.2, -0.15) is 5.26 Å². The molecule has 0 N–H and O–H groups in total. The molecule has 1 saturated heterocycles. The van der Waals surface area contributed by atoms with Crippen molar-refractivity contribution in [3.63, 3.8) is 0 Å². The first kappa shape index (κ1) is 18.2. The number of amides is 1. The highest BCUT2D eigenvalue weighted by atomic mass is 16.2. The Labute approximate surface area is 155 Å². The monoisotopic (exact) mass is 347 g/mol. The number of carbonyl (C=O) groups excluding carboxylic acids is 1. The molecule has 0 radical (unpaired) electrons. The van der Waals surface area contributed by atoms with Gasteiger partial charge in [-0.05, 0) is 60.8 Å². The van der Waals surface area contributed by atoms with Crippen LogP contribution in [0.1, 0.15) is 29.3 Å². The van der Waals surface area contributed by atoms with E-state index < -0.39 is 0 Å². The maximum absolute atomic E-state index is 12.8. The van der Waals surface area contributed by atoms with Crippen molar-refractivity contribution in [1.29, 1.82) is 5.26 Å². The van der Waals surface area contributed by atoms with Crippen LogP contribution in [0.15, 0.2) is 48.5 Å². The Hall–Kier alpha value is -2.64. The molecule has 1 atom stereocenters. The van der Waals surface area contributed by atoms with E-state index in [9.17, 15) is 4.79 Å². The van der Waals surface area contributed by atoms with Crippen molar-refractivity contribution in [2.75, 3.05) is 33.7 Å². The number of rotatable bonds is 4. The van der Waals surface area contributed by atoms with Crippen LogP contribution in [0, 0.1) is 16.7 Å². The summed E-state index contributed by atoms with van der Waals surface area (Å²) in [4.78, 5) is 16.9. The second-order valence-electron chi connectivity index (χ2n) is 7.73. The van der Waals surface area contributed by atoms with Crippen LogP contribution in [0.2, 0.25) is 0 Å². The molecule has 1 aliphatic rings. The Morgan fingerprint density at radius 3 is 2.58 bits per heavy atom. The number of hydrogen-bond acceptors (Lipinski definition) is 3. The number of benzene rings is 2. The van der Waals surface area contributed by atoms with Gasteiger partial charge in [0.15, 0.2) is 0 Å². The third-order valence-electron chi connectivity index (χ3n) is 5.17. The smallest absolute Gasteiger partial charge is 0.253 e. The van der Waals surface area contributed by atoms with Crippen LogP contribution >= 0.6 is 0 Å². The second-order valence-corrected chi connectivity index (χ2v) is 7.73. The van der Waals surface area contributed by atoms with Gasteiger partial charge in [-0.3, -0.25) is 4.79 Å². The van der Waals surface area contributed by atoms with E-state index in [4.69, 9.17) is 5.26 Å². The van der Waals surface area contributed by atoms with Gasteiger partial charge < -0.3 is 9.80 Å². The molecule has 0 saturated carbocycles. The quantitative estimate of drug-likeness (QED) is 0.848. The molecule has 134 valence electrons. The molecule has 4 nitrogen and oxygen atoms in total. The first-order valence-corrected chi connectivity index (χ1v) is 8.95. The van der Waals surface area contributed by atoms with Gasteiger partial charge in [0.05, 0.1) is 11.6 Å². The van der Waals surface area contributed by atoms with E-state index in [1.807, 2.05) is 54.4 Å². The maximum Gasteiger partial charge on any atom is 0.253 e. The van der Waals surface area contributed by atoms with Crippen molar-refractivity contribution in [2.24, 2.45) is 5.41 Å². The van der Waals surface area contributed by atoms with E-state index in [1.165, 1.54) is 0 Å². The van der Waals surface area contributed by atoms with E-state index in [-0.39, 0.29) is 11.3 Å². The molecule has 1 fully saturated rings. The van der Waals surface area contributed by atoms with Crippen molar-refractivity contribution in [3.05, 3.63) is 59.7 Å². The normalized spacial score (nSPS) is 19.9. The van der Waals surface area contributed by atoms with Crippen LogP contribution in [0.25, 0.3) is 11.1 Å². The van der Waals surface area contributed by atoms with E-state index in [2.05, 4.69) is 24.9 Å². The Morgan fingerprint density at radius 1 is 1.23 bits per heavy atom. The maximum atomic E-state index is 12.8. The summed E-state index contributed by atoms with van der Waals surface area (Å²) in [5.41, 5.74) is 3.49. The predicted octanol–water partition coefficient (Wildman–Crippen LogP) is 3.64. The summed E-state index contributed by atoms with van der Waals surface area (Å²) in [6.07, 6.45) is 1.12. The van der Waals surface area contributed by atoms with Gasteiger partial charge >= 0.3 is 0 Å². The van der Waals surface area contributed by atoms with E-state index in [0.29, 0.717) is 11.1 Å². The van der Waals surface area contributed by atoms with E-state index >= 15 is 0 Å². The molecular weight excluding hydrogens is 322 g/mol. The molecule has 2 aromatic carbocycles. The minimum Gasteiger partial charge on any atom is -0.341 e. The predicted molar refractivity (Wildman–Crippen MR) is 104 cm³/mol. The summed E-state index contributed by atoms with van der Waals surface area (Å²) < 4.78 is 0. The Morgan fingerprint density at radius 2 is 1.96 bits per heavy atom. The lowest BCUT2D eigenvalue weighted by Crippen LogP contribution is -2.38. The van der Waals surface area contributed by atoms with Crippen LogP contribution < -0.4 is 0 Å². The molecule has 4 heteroatoms. The highest BCUT2D eigenvalue weighted by molar-refractivity contribution is 5.94. The third-order valence-corrected chi connectivity index (χ3v) is 5.17. The SMILES string of the molecule is CN1CCC(C)(CN(C)C(=O)c2ccc(-c3cccc(C#N)c3)cc2)C1. The molecule has 26 heavy (non-hydrogen) atoms. The van der Waals surface area contributed by atoms with Crippen LogP contribution in [-0.4, -0.2) is 49.4 Å². The summed E-state index contributed by atoms with van der Waals surface area (Å²) in [5, 5.41) is 9.04. The third kappa shape index (κ3) is 3.95. The van der Waals surface area contributed by atoms with Crippen molar-refractivity contribution in [1.82, 2.24) is 9.80 Å². The summed E-state index contributed by atoms with van der Waals surface area (Å²) >= 11 is 0. The van der Waals surface area contributed by atoms with Gasteiger partial charge in [-0.15, -0.1) is 0 Å². The summed E-state index contributed by atoms with van der Waals surface area (Å²) in [5.74, 6) is 0.0538. The molecule has 2 aromatic rings. The molecule has 0 bridgehead atoms. The van der Waals surface area contributed by atoms with Gasteiger partial charge in [-0.1, -0.05) is 31.2 Å². The van der Waals surface area contributed by atoms with Crippen LogP contribution in [0.4, 0.5) is 0 Å². The number of carbonyl (C=O) groups is 1. The number of nitriles is 1. The zero-order valence-electron chi connectivity index (χ0n) is 15.7. The van der Waals surface area contributed by atoms with Crippen LogP contribution in [-0.2, 0) is 0 Å². The summed E-state index contributed by atoms with van der Waals surface area (Å²) in [7, 11) is 4.02. The zero-order chi connectivity index (χ0) is 18.7. The standard InChI is InChI=1S/C22H25N3O/c1-22(11-12-24(2)15-22)16-25(3)21(26)19-9-7-18(8-10-19)20-6-4-5-17(13-20)14-23/h4-10,13H,11-12,15-16H2,1-3H3. The lowest BCUT2D eigenvalue weighted by atomic mass is 9.89. The highest BCUT2D eigenvalue weighted by Gasteiger charge is 2.34. The first-order chi connectivity index (χ1) is 12.4. The van der Waals surface area contributed by atoms with Crippen LogP contribution in [0.5, 0.6) is 0 Å². The largest absolute Gasteiger partial charge is 0.341 e. The molecule has 0 spiro atoms. The fourth-order valence-corrected chi connectivity index (χ4v) is 3.84. The van der Waals surface area contributed by atoms with Crippen molar-refractivity contribution >= 4 is 5.91 Å². The molecule has 0 aliphatic carbocycles. The fourth-order valence-electron chi connectivity index (χ4n) is 3.84. The molecule has 1 amide bonds. The number of likely N-dealkylation sites (tertiary alicyclic amines) is 1.